The predicted octanol–water partition coefficient (Wildman–Crippen LogP) is 1.18. The minimum atomic E-state index is -1.18. The van der Waals surface area contributed by atoms with E-state index in [0.29, 0.717) is 5.75 Å². The monoisotopic (exact) mass is 210 g/mol. The Morgan fingerprint density at radius 3 is 2.33 bits per heavy atom. The van der Waals surface area contributed by atoms with Crippen molar-refractivity contribution in [3.63, 3.8) is 0 Å². The van der Waals surface area contributed by atoms with Crippen LogP contribution in [-0.4, -0.2) is 31.3 Å². The van der Waals surface area contributed by atoms with E-state index >= 15 is 0 Å². The van der Waals surface area contributed by atoms with Crippen molar-refractivity contribution in [3.8, 4) is 5.75 Å². The molecule has 0 aliphatic heterocycles. The number of hydrogen-bond donors (Lipinski definition) is 1. The fraction of sp³-hybridized carbons (Fsp3) is 0.200. The maximum Gasteiger partial charge on any atom is 0.338 e. The molecule has 15 heavy (non-hydrogen) atoms. The number of carboxylic acids is 1. The summed E-state index contributed by atoms with van der Waals surface area (Å²) in [6.07, 6.45) is 0. The average molecular weight is 210 g/mol. The van der Waals surface area contributed by atoms with Crippen LogP contribution in [0, 0.1) is 0 Å². The highest BCUT2D eigenvalue weighted by Gasteiger charge is 2.17. The molecule has 0 aromatic heterocycles. The third-order valence-corrected chi connectivity index (χ3v) is 1.86. The van der Waals surface area contributed by atoms with Gasteiger partial charge in [-0.2, -0.15) is 0 Å². The number of carbonyl (C=O) groups is 2. The van der Waals surface area contributed by atoms with E-state index in [0.717, 1.165) is 0 Å². The van der Waals surface area contributed by atoms with E-state index < -0.39 is 11.9 Å². The lowest BCUT2D eigenvalue weighted by atomic mass is 10.1. The molecule has 0 saturated carbocycles. The summed E-state index contributed by atoms with van der Waals surface area (Å²) in [7, 11) is 2.62. The Bertz CT molecular complexity index is 397. The molecule has 0 aliphatic carbocycles. The van der Waals surface area contributed by atoms with Gasteiger partial charge in [0.15, 0.2) is 0 Å². The van der Waals surface area contributed by atoms with Crippen molar-refractivity contribution in [2.24, 2.45) is 0 Å². The van der Waals surface area contributed by atoms with E-state index in [1.54, 1.807) is 0 Å². The summed E-state index contributed by atoms with van der Waals surface area (Å²) in [6, 6.07) is 4.10. The maximum atomic E-state index is 11.3. The molecule has 0 amide bonds. The van der Waals surface area contributed by atoms with E-state index in [1.807, 2.05) is 0 Å². The van der Waals surface area contributed by atoms with Gasteiger partial charge in [-0.15, -0.1) is 0 Å². The summed E-state index contributed by atoms with van der Waals surface area (Å²) in [5.41, 5.74) is -0.132. The highest BCUT2D eigenvalue weighted by atomic mass is 16.5. The number of esters is 1. The van der Waals surface area contributed by atoms with Gasteiger partial charge < -0.3 is 14.6 Å². The summed E-state index contributed by atoms with van der Waals surface area (Å²) in [4.78, 5) is 22.1. The lowest BCUT2D eigenvalue weighted by molar-refractivity contribution is 0.0582. The molecule has 0 aliphatic rings. The maximum absolute atomic E-state index is 11.3. The van der Waals surface area contributed by atoms with Crippen LogP contribution < -0.4 is 4.74 Å². The molecule has 1 aromatic rings. The zero-order valence-electron chi connectivity index (χ0n) is 8.31. The van der Waals surface area contributed by atoms with Crippen LogP contribution in [0.4, 0.5) is 0 Å². The fourth-order valence-electron chi connectivity index (χ4n) is 1.12. The predicted molar refractivity (Wildman–Crippen MR) is 51.3 cm³/mol. The molecule has 80 valence electrons. The average Bonchev–Trinajstić information content (AvgIpc) is 2.26. The Balaban J connectivity index is 3.28. The lowest BCUT2D eigenvalue weighted by Gasteiger charge is -2.06. The summed E-state index contributed by atoms with van der Waals surface area (Å²) < 4.78 is 9.35. The van der Waals surface area contributed by atoms with Crippen LogP contribution in [0.25, 0.3) is 0 Å². The smallest absolute Gasteiger partial charge is 0.338 e. The Hall–Kier alpha value is -2.04. The Morgan fingerprint density at radius 1 is 1.20 bits per heavy atom. The number of aromatic carboxylic acids is 1. The molecule has 0 bridgehead atoms. The van der Waals surface area contributed by atoms with Crippen molar-refractivity contribution in [1.29, 1.82) is 0 Å². The van der Waals surface area contributed by atoms with E-state index in [9.17, 15) is 9.59 Å². The zero-order chi connectivity index (χ0) is 11.4. The van der Waals surface area contributed by atoms with Crippen molar-refractivity contribution in [3.05, 3.63) is 29.3 Å². The Labute approximate surface area is 86.2 Å². The van der Waals surface area contributed by atoms with Crippen LogP contribution in [-0.2, 0) is 4.74 Å². The number of carbonyl (C=O) groups excluding carboxylic acids is 1. The van der Waals surface area contributed by atoms with Crippen LogP contribution in [0.3, 0.4) is 0 Å². The molecule has 1 aromatic carbocycles. The summed E-state index contributed by atoms with van der Waals surface area (Å²) in [5, 5.41) is 8.83. The molecule has 1 N–H and O–H groups in total. The molecule has 0 atom stereocenters. The van der Waals surface area contributed by atoms with Gasteiger partial charge in [-0.1, -0.05) is 0 Å². The summed E-state index contributed by atoms with van der Waals surface area (Å²) in [5.74, 6) is -1.48. The first-order chi connectivity index (χ1) is 7.10. The van der Waals surface area contributed by atoms with Gasteiger partial charge in [0, 0.05) is 0 Å². The minimum absolute atomic E-state index is 0.0237. The van der Waals surface area contributed by atoms with Crippen molar-refractivity contribution < 1.29 is 24.2 Å². The third-order valence-electron chi connectivity index (χ3n) is 1.86. The molecule has 5 heteroatoms. The second kappa shape index (κ2) is 4.45. The normalized spacial score (nSPS) is 9.47. The molecule has 0 saturated heterocycles. The largest absolute Gasteiger partial charge is 0.497 e. The number of methoxy groups -OCH3 is 2. The van der Waals surface area contributed by atoms with Gasteiger partial charge in [0.25, 0.3) is 0 Å². The summed E-state index contributed by atoms with van der Waals surface area (Å²) >= 11 is 0. The number of benzene rings is 1. The first kappa shape index (κ1) is 11.0. The van der Waals surface area contributed by atoms with Gasteiger partial charge in [-0.25, -0.2) is 9.59 Å². The van der Waals surface area contributed by atoms with E-state index in [4.69, 9.17) is 9.84 Å². The molecule has 5 nitrogen and oxygen atoms in total. The van der Waals surface area contributed by atoms with Crippen LogP contribution in [0.15, 0.2) is 18.2 Å². The molecular formula is C10H10O5. The number of carboxylic acid groups (broad SMARTS) is 1. The standard InChI is InChI=1S/C10H10O5/c1-14-6-3-4-7(9(11)12)8(5-6)10(13)15-2/h3-5H,1-2H3,(H,11,12). The third kappa shape index (κ3) is 2.25. The minimum Gasteiger partial charge on any atom is -0.497 e. The molecule has 0 unspecified atom stereocenters. The highest BCUT2D eigenvalue weighted by Crippen LogP contribution is 2.18. The van der Waals surface area contributed by atoms with Gasteiger partial charge in [0.1, 0.15) is 5.75 Å². The van der Waals surface area contributed by atoms with Gasteiger partial charge in [-0.3, -0.25) is 0 Å². The first-order valence-electron chi connectivity index (χ1n) is 4.09. The SMILES string of the molecule is COC(=O)c1cc(OC)ccc1C(=O)O. The second-order valence-electron chi connectivity index (χ2n) is 2.71. The molecule has 0 heterocycles. The number of ether oxygens (including phenoxy) is 2. The zero-order valence-corrected chi connectivity index (χ0v) is 8.31. The van der Waals surface area contributed by atoms with E-state index in [2.05, 4.69) is 4.74 Å². The van der Waals surface area contributed by atoms with Crippen LogP contribution in [0.2, 0.25) is 0 Å². The molecule has 1 rings (SSSR count). The van der Waals surface area contributed by atoms with Crippen molar-refractivity contribution in [2.45, 2.75) is 0 Å². The Kier molecular flexibility index (Phi) is 3.28. The highest BCUT2D eigenvalue weighted by molar-refractivity contribution is 6.02. The van der Waals surface area contributed by atoms with E-state index in [1.165, 1.54) is 32.4 Å². The number of rotatable bonds is 3. The van der Waals surface area contributed by atoms with Gasteiger partial charge in [0.05, 0.1) is 25.3 Å². The quantitative estimate of drug-likeness (QED) is 0.758. The Morgan fingerprint density at radius 2 is 1.87 bits per heavy atom. The van der Waals surface area contributed by atoms with Crippen LogP contribution >= 0.6 is 0 Å². The first-order valence-corrected chi connectivity index (χ1v) is 4.09. The second-order valence-corrected chi connectivity index (χ2v) is 2.71. The van der Waals surface area contributed by atoms with Crippen LogP contribution in [0.5, 0.6) is 5.75 Å². The molecule has 0 fully saturated rings. The van der Waals surface area contributed by atoms with Crippen molar-refractivity contribution in [2.75, 3.05) is 14.2 Å². The van der Waals surface area contributed by atoms with Gasteiger partial charge in [-0.05, 0) is 18.2 Å². The van der Waals surface area contributed by atoms with Crippen LogP contribution in [0.1, 0.15) is 20.7 Å². The lowest BCUT2D eigenvalue weighted by Crippen LogP contribution is -2.10. The molecule has 0 spiro atoms. The van der Waals surface area contributed by atoms with Crippen molar-refractivity contribution in [1.82, 2.24) is 0 Å². The number of hydrogen-bond acceptors (Lipinski definition) is 4. The fourth-order valence-corrected chi connectivity index (χ4v) is 1.12. The topological polar surface area (TPSA) is 72.8 Å². The molecule has 0 radical (unpaired) electrons. The van der Waals surface area contributed by atoms with E-state index in [-0.39, 0.29) is 11.1 Å². The summed E-state index contributed by atoms with van der Waals surface area (Å²) in [6.45, 7) is 0. The van der Waals surface area contributed by atoms with Crippen molar-refractivity contribution >= 4 is 11.9 Å². The van der Waals surface area contributed by atoms with Gasteiger partial charge in [0.2, 0.25) is 0 Å². The molecular weight excluding hydrogens is 200 g/mol. The van der Waals surface area contributed by atoms with Gasteiger partial charge >= 0.3 is 11.9 Å².